The molecule has 0 aliphatic carbocycles. The molecule has 2 aromatic heterocycles. The van der Waals surface area contributed by atoms with E-state index in [2.05, 4.69) is 0 Å². The van der Waals surface area contributed by atoms with Crippen LogP contribution in [0.4, 0.5) is 0 Å². The van der Waals surface area contributed by atoms with Crippen molar-refractivity contribution in [3.05, 3.63) is 59.7 Å². The van der Waals surface area contributed by atoms with Gasteiger partial charge >= 0.3 is 22.7 Å². The summed E-state index contributed by atoms with van der Waals surface area (Å²) < 4.78 is 58.0. The fourth-order valence-electron chi connectivity index (χ4n) is 8.71. The molecule has 386 valence electrons. The van der Waals surface area contributed by atoms with Crippen molar-refractivity contribution in [2.75, 3.05) is 41.7 Å². The van der Waals surface area contributed by atoms with Gasteiger partial charge in [-0.25, -0.2) is 8.83 Å². The lowest BCUT2D eigenvalue weighted by atomic mass is 9.88. The van der Waals surface area contributed by atoms with Crippen molar-refractivity contribution >= 4 is 21.9 Å². The van der Waals surface area contributed by atoms with Gasteiger partial charge in [0.2, 0.25) is 35.6 Å². The summed E-state index contributed by atoms with van der Waals surface area (Å²) in [5.41, 5.74) is -0.829. The van der Waals surface area contributed by atoms with Gasteiger partial charge in [-0.05, 0) is 0 Å². The number of phenols is 6. The Bertz CT molecular complexity index is 2750. The number of ether oxygens (including phenoxy) is 8. The topological polar surface area (TPSA) is 380 Å². The summed E-state index contributed by atoms with van der Waals surface area (Å²) in [6, 6.07) is 9.48. The second-order valence-corrected chi connectivity index (χ2v) is 16.8. The zero-order valence-electron chi connectivity index (χ0n) is 38.7. The van der Waals surface area contributed by atoms with Gasteiger partial charge in [0, 0.05) is 54.4 Å². The van der Waals surface area contributed by atoms with E-state index in [1.54, 1.807) is 0 Å². The highest BCUT2D eigenvalue weighted by Gasteiger charge is 2.48. The van der Waals surface area contributed by atoms with Crippen molar-refractivity contribution in [3.63, 3.8) is 0 Å². The van der Waals surface area contributed by atoms with Gasteiger partial charge in [0.1, 0.15) is 93.7 Å². The molecule has 14 N–H and O–H groups in total. The van der Waals surface area contributed by atoms with Crippen molar-refractivity contribution in [3.8, 4) is 91.6 Å². The number of phenolic OH excluding ortho intramolecular Hbond substituents is 6. The Morgan fingerprint density at radius 1 is 0.458 bits per heavy atom. The molecule has 24 heteroatoms. The fraction of sp³-hybridized carbons (Fsp3) is 0.375. The average molecular weight is 1010 g/mol. The zero-order valence-corrected chi connectivity index (χ0v) is 38.7. The molecule has 4 aromatic carbocycles. The Morgan fingerprint density at radius 2 is 0.792 bits per heavy atom. The van der Waals surface area contributed by atoms with Crippen molar-refractivity contribution in [2.24, 2.45) is 0 Å². The quantitative estimate of drug-likeness (QED) is 0.0692. The lowest BCUT2D eigenvalue weighted by Crippen LogP contribution is -2.60. The first-order chi connectivity index (χ1) is 34.3. The molecule has 8 rings (SSSR count). The number of aliphatic hydroxyl groups is 8. The van der Waals surface area contributed by atoms with Gasteiger partial charge in [-0.15, -0.1) is 0 Å². The number of benzene rings is 4. The molecule has 0 unspecified atom stereocenters. The van der Waals surface area contributed by atoms with E-state index in [-0.39, 0.29) is 90.2 Å². The van der Waals surface area contributed by atoms with E-state index >= 15 is 0 Å². The molecule has 0 spiro atoms. The van der Waals surface area contributed by atoms with E-state index in [9.17, 15) is 71.5 Å². The third-order valence-electron chi connectivity index (χ3n) is 12.6. The number of aromatic hydroxyl groups is 6. The molecule has 2 aliphatic rings. The van der Waals surface area contributed by atoms with Crippen LogP contribution in [-0.4, -0.2) is 175 Å². The maximum Gasteiger partial charge on any atom is 0.402 e. The Kier molecular flexibility index (Phi) is 14.4. The van der Waals surface area contributed by atoms with Crippen LogP contribution in [0.25, 0.3) is 44.6 Å². The van der Waals surface area contributed by atoms with Crippen LogP contribution in [0.5, 0.6) is 69.0 Å². The maximum atomic E-state index is 11.8. The predicted octanol–water partition coefficient (Wildman–Crippen LogP) is 1.85. The minimum Gasteiger partial charge on any atom is -0.507 e. The van der Waals surface area contributed by atoms with Crippen molar-refractivity contribution in [2.45, 2.75) is 74.3 Å². The minimum absolute atomic E-state index is 0.0358. The van der Waals surface area contributed by atoms with Crippen LogP contribution >= 0.6 is 0 Å². The summed E-state index contributed by atoms with van der Waals surface area (Å²) in [7, 11) is 5.00. The number of hydrogen-bond donors (Lipinski definition) is 14. The molecule has 24 nitrogen and oxygen atoms in total. The van der Waals surface area contributed by atoms with Crippen LogP contribution in [0.1, 0.15) is 24.0 Å². The third-order valence-corrected chi connectivity index (χ3v) is 12.6. The molecule has 0 saturated carbocycles. The van der Waals surface area contributed by atoms with E-state index in [4.69, 9.17) is 46.7 Å². The zero-order chi connectivity index (χ0) is 52.2. The highest BCUT2D eigenvalue weighted by atomic mass is 16.7. The Balaban J connectivity index is 1.37. The van der Waals surface area contributed by atoms with Gasteiger partial charge in [-0.3, -0.25) is 0 Å². The fourth-order valence-corrected chi connectivity index (χ4v) is 8.71. The molecule has 6 aromatic rings. The first-order valence-electron chi connectivity index (χ1n) is 21.9. The summed E-state index contributed by atoms with van der Waals surface area (Å²) in [5, 5.41) is 152. The second-order valence-electron chi connectivity index (χ2n) is 16.8. The number of rotatable bonds is 14. The van der Waals surface area contributed by atoms with Crippen LogP contribution in [0.15, 0.2) is 57.4 Å². The lowest BCUT2D eigenvalue weighted by Gasteiger charge is -2.39. The van der Waals surface area contributed by atoms with Crippen LogP contribution in [0.2, 0.25) is 0 Å². The predicted molar refractivity (Wildman–Crippen MR) is 245 cm³/mol. The van der Waals surface area contributed by atoms with Gasteiger partial charge < -0.3 is 109 Å². The van der Waals surface area contributed by atoms with Gasteiger partial charge in [-0.1, -0.05) is 6.92 Å². The van der Waals surface area contributed by atoms with E-state index in [1.165, 1.54) is 71.8 Å². The highest BCUT2D eigenvalue weighted by Crippen LogP contribution is 2.53. The summed E-state index contributed by atoms with van der Waals surface area (Å²) in [5.74, 6) is -6.36. The maximum absolute atomic E-state index is 11.8. The molecule has 0 radical (unpaired) electrons. The van der Waals surface area contributed by atoms with Crippen molar-refractivity contribution < 1.29 is 118 Å². The van der Waals surface area contributed by atoms with E-state index in [0.717, 1.165) is 12.1 Å². The summed E-state index contributed by atoms with van der Waals surface area (Å²) in [6.07, 6.45) is -17.5. The van der Waals surface area contributed by atoms with Gasteiger partial charge in [0.25, 0.3) is 0 Å². The molecule has 2 saturated heterocycles. The lowest BCUT2D eigenvalue weighted by molar-refractivity contribution is -0.277. The van der Waals surface area contributed by atoms with Crippen LogP contribution in [-0.2, 0) is 9.47 Å². The number of fused-ring (bicyclic) bond motifs is 2. The van der Waals surface area contributed by atoms with Crippen molar-refractivity contribution in [1.29, 1.82) is 0 Å². The summed E-state index contributed by atoms with van der Waals surface area (Å²) >= 11 is 0. The molecule has 72 heavy (non-hydrogen) atoms. The summed E-state index contributed by atoms with van der Waals surface area (Å²) in [6.45, 7) is -0.120. The van der Waals surface area contributed by atoms with Gasteiger partial charge in [0.15, 0.2) is 23.0 Å². The molecule has 0 amide bonds. The molecule has 10 atom stereocenters. The Hall–Kier alpha value is -7.10. The molecular weight excluding hydrogens is 961 g/mol. The van der Waals surface area contributed by atoms with Crippen LogP contribution < -0.4 is 28.4 Å². The van der Waals surface area contributed by atoms with Crippen LogP contribution in [0.3, 0.4) is 0 Å². The third kappa shape index (κ3) is 8.86. The summed E-state index contributed by atoms with van der Waals surface area (Å²) in [4.78, 5) is 0. The van der Waals surface area contributed by atoms with E-state index in [0.29, 0.717) is 0 Å². The first kappa shape index (κ1) is 51.3. The molecule has 4 heterocycles. The second kappa shape index (κ2) is 20.2. The van der Waals surface area contributed by atoms with Gasteiger partial charge in [0.05, 0.1) is 52.8 Å². The monoisotopic (exact) mass is 1010 g/mol. The Morgan fingerprint density at radius 3 is 1.10 bits per heavy atom. The van der Waals surface area contributed by atoms with Crippen molar-refractivity contribution in [1.82, 2.24) is 0 Å². The molecule has 2 fully saturated rings. The van der Waals surface area contributed by atoms with E-state index < -0.39 is 115 Å². The Labute approximate surface area is 406 Å². The molecular formula is C48H52O24+2. The molecule has 0 bridgehead atoms. The molecule has 2 aliphatic heterocycles. The number of aliphatic hydroxyl groups excluding tert-OH is 8. The SMILES string of the molecule is COc1cc(-c2[o+]c3c(C(C)c4c(O)cc(O)c5cc(O[C@@H]6O[C@H](CO)[C@@H](O)[C@H](O)[C@H]6O)c(-c6cc(OC)c(O)c(OC)c6)[o+]c45)c(O)cc(O)c3cc2O[C@@H]2O[C@H](CO)[C@@H](O)[C@H](O)[C@H]2O)cc(OC)c1O. The van der Waals surface area contributed by atoms with E-state index in [1.807, 2.05) is 0 Å². The minimum atomic E-state index is -1.93. The number of methoxy groups -OCH3 is 4. The van der Waals surface area contributed by atoms with Gasteiger partial charge in [-0.2, -0.15) is 0 Å². The smallest absolute Gasteiger partial charge is 0.402 e. The standard InChI is InChI=1S/C48H50O24/c1-16(33-23(53)12-21(51)19-10-29(67-47-41(61)39(59)37(57)31(14-49)69-47)43(71-45(19)33)17-6-25(63-2)35(55)26(7-17)64-3)34-24(54)13-22(52)20-11-30(68-48-42(62)40(60)38(58)32(15-50)70-48)44(72-46(20)34)18-8-27(65-4)36(56)28(9-18)66-5/h6-13,16,31-32,37-42,47-50,57-62H,14-15H2,1-5H3,(H4-2,51,52,53,54,55,56)/p+2/t31-,32-,37-,38-,39+,40+,41-,42-,47-,48-/m1/s1. The largest absolute Gasteiger partial charge is 0.507 e. The highest BCUT2D eigenvalue weighted by molar-refractivity contribution is 5.95. The number of hydrogen-bond acceptors (Lipinski definition) is 22. The normalized spacial score (nSPS) is 24.4. The first-order valence-corrected chi connectivity index (χ1v) is 21.9. The van der Waals surface area contributed by atoms with Crippen LogP contribution in [0, 0.1) is 0 Å². The average Bonchev–Trinajstić information content (AvgIpc) is 3.36.